The second-order valence-corrected chi connectivity index (χ2v) is 22.9. The van der Waals surface area contributed by atoms with Crippen molar-refractivity contribution in [3.63, 3.8) is 0 Å². The average molecular weight is 996 g/mol. The zero-order valence-corrected chi connectivity index (χ0v) is 47.4. The normalized spacial score (nSPS) is 13.9. The summed E-state index contributed by atoms with van der Waals surface area (Å²) < 4.78 is 30.3. The van der Waals surface area contributed by atoms with E-state index < -0.39 is 20.0 Å². The number of nitrogens with zero attached hydrogens (tertiary/aromatic N) is 1. The molecular weight excluding hydrogens is 880 g/mol. The Labute approximate surface area is 428 Å². The fraction of sp³-hybridized carbons (Fsp3) is 0.898. The number of carbonyl (C=O) groups excluding carboxylic acids is 2. The highest BCUT2D eigenvalue weighted by molar-refractivity contribution is 7.45. The highest BCUT2D eigenvalue weighted by Gasteiger charge is 2.27. The SMILES string of the molecule is CCCCCCCC/C=C/CCCCCCCCCC(=O)OC(/C=C/CCCCCCCCCCCCC)C(COP(=O)([O-])OCC[N+](C)(C)C)NC(=O)CCCCCCCCCCCCCCC. The van der Waals surface area contributed by atoms with Crippen molar-refractivity contribution in [3.05, 3.63) is 24.3 Å². The van der Waals surface area contributed by atoms with Gasteiger partial charge < -0.3 is 28.5 Å². The van der Waals surface area contributed by atoms with Crippen LogP contribution in [0, 0.1) is 0 Å². The van der Waals surface area contributed by atoms with Gasteiger partial charge in [0.15, 0.2) is 0 Å². The lowest BCUT2D eigenvalue weighted by Crippen LogP contribution is -2.47. The molecule has 0 saturated carbocycles. The van der Waals surface area contributed by atoms with E-state index in [9.17, 15) is 19.0 Å². The number of hydrogen-bond acceptors (Lipinski definition) is 7. The van der Waals surface area contributed by atoms with Gasteiger partial charge in [-0.05, 0) is 57.4 Å². The van der Waals surface area contributed by atoms with Gasteiger partial charge in [0.1, 0.15) is 19.3 Å². The maximum atomic E-state index is 13.5. The van der Waals surface area contributed by atoms with E-state index in [1.165, 1.54) is 193 Å². The molecule has 0 aliphatic carbocycles. The average Bonchev–Trinajstić information content (AvgIpc) is 3.31. The molecule has 0 aromatic rings. The number of phosphoric ester groups is 1. The van der Waals surface area contributed by atoms with Crippen LogP contribution in [0.3, 0.4) is 0 Å². The van der Waals surface area contributed by atoms with Gasteiger partial charge in [0, 0.05) is 12.8 Å². The lowest BCUT2D eigenvalue weighted by Gasteiger charge is -2.30. The Morgan fingerprint density at radius 3 is 1.23 bits per heavy atom. The Morgan fingerprint density at radius 1 is 0.493 bits per heavy atom. The predicted octanol–water partition coefficient (Wildman–Crippen LogP) is 17.1. The van der Waals surface area contributed by atoms with Crippen LogP contribution in [0.2, 0.25) is 0 Å². The Morgan fingerprint density at radius 2 is 0.841 bits per heavy atom. The van der Waals surface area contributed by atoms with E-state index in [1.54, 1.807) is 0 Å². The van der Waals surface area contributed by atoms with E-state index >= 15 is 0 Å². The van der Waals surface area contributed by atoms with Crippen LogP contribution < -0.4 is 10.2 Å². The molecule has 0 aromatic carbocycles. The number of rotatable bonds is 54. The summed E-state index contributed by atoms with van der Waals surface area (Å²) in [5.41, 5.74) is 0. The summed E-state index contributed by atoms with van der Waals surface area (Å²) in [6.07, 6.45) is 57.0. The molecule has 0 bridgehead atoms. The fourth-order valence-corrected chi connectivity index (χ4v) is 9.48. The van der Waals surface area contributed by atoms with Gasteiger partial charge in [0.25, 0.3) is 7.82 Å². The summed E-state index contributed by atoms with van der Waals surface area (Å²) in [4.78, 5) is 39.9. The van der Waals surface area contributed by atoms with Crippen molar-refractivity contribution in [2.24, 2.45) is 0 Å². The summed E-state index contributed by atoms with van der Waals surface area (Å²) in [5, 5.41) is 3.03. The number of allylic oxidation sites excluding steroid dienone is 3. The van der Waals surface area contributed by atoms with Gasteiger partial charge in [-0.25, -0.2) is 0 Å². The van der Waals surface area contributed by atoms with E-state index in [2.05, 4.69) is 38.2 Å². The molecule has 0 saturated heterocycles. The summed E-state index contributed by atoms with van der Waals surface area (Å²) >= 11 is 0. The molecule has 69 heavy (non-hydrogen) atoms. The molecule has 408 valence electrons. The Balaban J connectivity index is 5.32. The number of hydrogen-bond donors (Lipinski definition) is 1. The summed E-state index contributed by atoms with van der Waals surface area (Å²) in [5.74, 6) is -0.533. The standard InChI is InChI=1S/C59H115N2O7P/c1-7-10-13-16-19-22-25-28-29-30-31-34-37-40-43-46-49-52-59(63)68-57(50-47-44-41-38-35-32-26-23-20-17-14-11-8-2)56(55-67-69(64,65)66-54-53-61(4,5)6)60-58(62)51-48-45-42-39-36-33-27-24-21-18-15-12-9-3/h28-29,47,50,56-57H,7-27,30-46,48-49,51-55H2,1-6H3,(H-,60,62,64,65)/b29-28+,50-47+. The van der Waals surface area contributed by atoms with Gasteiger partial charge in [-0.1, -0.05) is 244 Å². The molecule has 1 amide bonds. The number of amides is 1. The second-order valence-electron chi connectivity index (χ2n) is 21.5. The topological polar surface area (TPSA) is 114 Å². The third kappa shape index (κ3) is 51.2. The van der Waals surface area contributed by atoms with Crippen LogP contribution in [-0.2, 0) is 27.9 Å². The van der Waals surface area contributed by atoms with E-state index in [1.807, 2.05) is 33.3 Å². The largest absolute Gasteiger partial charge is 0.756 e. The maximum Gasteiger partial charge on any atom is 0.306 e. The lowest BCUT2D eigenvalue weighted by atomic mass is 10.0. The number of likely N-dealkylation sites (N-methyl/N-ethyl adjacent to an activating group) is 1. The van der Waals surface area contributed by atoms with Crippen molar-refractivity contribution in [2.45, 2.75) is 303 Å². The van der Waals surface area contributed by atoms with Crippen molar-refractivity contribution in [2.75, 3.05) is 40.9 Å². The number of phosphoric acid groups is 1. The van der Waals surface area contributed by atoms with Gasteiger partial charge in [0.2, 0.25) is 5.91 Å². The molecule has 3 unspecified atom stereocenters. The number of ether oxygens (including phenoxy) is 1. The number of unbranched alkanes of at least 4 members (excludes halogenated alkanes) is 36. The van der Waals surface area contributed by atoms with Gasteiger partial charge in [-0.3, -0.25) is 14.2 Å². The summed E-state index contributed by atoms with van der Waals surface area (Å²) in [6, 6.07) is -0.883. The molecule has 0 rings (SSSR count). The summed E-state index contributed by atoms with van der Waals surface area (Å²) in [7, 11) is 1.20. The van der Waals surface area contributed by atoms with Crippen LogP contribution >= 0.6 is 7.82 Å². The van der Waals surface area contributed by atoms with Crippen molar-refractivity contribution in [3.8, 4) is 0 Å². The quantitative estimate of drug-likeness (QED) is 0.0212. The number of esters is 1. The van der Waals surface area contributed by atoms with Crippen molar-refractivity contribution < 1.29 is 37.3 Å². The molecule has 0 radical (unpaired) electrons. The molecule has 3 atom stereocenters. The van der Waals surface area contributed by atoms with Crippen molar-refractivity contribution in [1.82, 2.24) is 5.32 Å². The van der Waals surface area contributed by atoms with Gasteiger partial charge in [-0.2, -0.15) is 0 Å². The molecule has 9 nitrogen and oxygen atoms in total. The van der Waals surface area contributed by atoms with E-state index in [4.69, 9.17) is 13.8 Å². The van der Waals surface area contributed by atoms with E-state index in [0.29, 0.717) is 17.4 Å². The minimum Gasteiger partial charge on any atom is -0.756 e. The minimum atomic E-state index is -4.69. The van der Waals surface area contributed by atoms with Crippen LogP contribution in [0.1, 0.15) is 290 Å². The third-order valence-electron chi connectivity index (χ3n) is 13.4. The van der Waals surface area contributed by atoms with Gasteiger partial charge in [-0.15, -0.1) is 0 Å². The Kier molecular flexibility index (Phi) is 48.9. The monoisotopic (exact) mass is 995 g/mol. The van der Waals surface area contributed by atoms with Gasteiger partial charge >= 0.3 is 5.97 Å². The number of nitrogens with one attached hydrogen (secondary N) is 1. The molecular formula is C59H115N2O7P. The minimum absolute atomic E-state index is 0.0195. The molecule has 0 spiro atoms. The zero-order chi connectivity index (χ0) is 50.8. The first-order valence-corrected chi connectivity index (χ1v) is 31.1. The van der Waals surface area contributed by atoms with Crippen LogP contribution in [-0.4, -0.2) is 69.4 Å². The third-order valence-corrected chi connectivity index (χ3v) is 14.3. The second kappa shape index (κ2) is 50.0. The van der Waals surface area contributed by atoms with Crippen LogP contribution in [0.25, 0.3) is 0 Å². The first-order chi connectivity index (χ1) is 33.4. The lowest BCUT2D eigenvalue weighted by molar-refractivity contribution is -0.870. The van der Waals surface area contributed by atoms with E-state index in [0.717, 1.165) is 64.2 Å². The van der Waals surface area contributed by atoms with Crippen LogP contribution in [0.4, 0.5) is 0 Å². The highest BCUT2D eigenvalue weighted by atomic mass is 31.2. The van der Waals surface area contributed by atoms with Crippen LogP contribution in [0.5, 0.6) is 0 Å². The fourth-order valence-electron chi connectivity index (χ4n) is 8.75. The highest BCUT2D eigenvalue weighted by Crippen LogP contribution is 2.38. The zero-order valence-electron chi connectivity index (χ0n) is 46.5. The first-order valence-electron chi connectivity index (χ1n) is 29.6. The molecule has 1 N–H and O–H groups in total. The first kappa shape index (κ1) is 67.5. The molecule has 0 heterocycles. The van der Waals surface area contributed by atoms with E-state index in [-0.39, 0.29) is 31.5 Å². The summed E-state index contributed by atoms with van der Waals surface area (Å²) in [6.45, 7) is 6.86. The van der Waals surface area contributed by atoms with Crippen molar-refractivity contribution >= 4 is 19.7 Å². The molecule has 0 aliphatic heterocycles. The van der Waals surface area contributed by atoms with Gasteiger partial charge in [0.05, 0.1) is 33.8 Å². The molecule has 10 heteroatoms. The molecule has 0 aromatic heterocycles. The molecule has 0 aliphatic rings. The Hall–Kier alpha value is -1.51. The molecule has 0 fully saturated rings. The Bertz CT molecular complexity index is 1240. The van der Waals surface area contributed by atoms with Crippen molar-refractivity contribution in [1.29, 1.82) is 0 Å². The number of carbonyl (C=O) groups is 2. The predicted molar refractivity (Wildman–Crippen MR) is 293 cm³/mol. The maximum absolute atomic E-state index is 13.5. The smallest absolute Gasteiger partial charge is 0.306 e. The number of quaternary nitrogens is 1. The van der Waals surface area contributed by atoms with Crippen LogP contribution in [0.15, 0.2) is 24.3 Å².